The van der Waals surface area contributed by atoms with Gasteiger partial charge in [0.25, 0.3) is 0 Å². The summed E-state index contributed by atoms with van der Waals surface area (Å²) in [5.74, 6) is 0.637. The van der Waals surface area contributed by atoms with Gasteiger partial charge in [0.2, 0.25) is 0 Å². The Morgan fingerprint density at radius 2 is 1.97 bits per heavy atom. The molecule has 10 heteroatoms. The maximum Gasteiger partial charge on any atom is 0.161 e. The molecule has 1 aliphatic rings. The predicted octanol–water partition coefficient (Wildman–Crippen LogP) is 5.32. The zero-order chi connectivity index (χ0) is 24.9. The van der Waals surface area contributed by atoms with Gasteiger partial charge in [0.05, 0.1) is 34.8 Å². The minimum Gasteiger partial charge on any atom is -0.321 e. The van der Waals surface area contributed by atoms with Gasteiger partial charge in [-0.3, -0.25) is 15.1 Å². The van der Waals surface area contributed by atoms with E-state index in [0.29, 0.717) is 45.1 Å². The molecule has 0 atom stereocenters. The fourth-order valence-corrected chi connectivity index (χ4v) is 5.40. The van der Waals surface area contributed by atoms with Crippen LogP contribution in [-0.2, 0) is 6.42 Å². The minimum atomic E-state index is -0.458. The highest BCUT2D eigenvalue weighted by atomic mass is 19.1. The molecular formula is C27H24FN9. The lowest BCUT2D eigenvalue weighted by atomic mass is 9.97. The zero-order valence-electron chi connectivity index (χ0n) is 20.2. The number of fused-ring (bicyclic) bond motifs is 2. The SMILES string of the molecule is Cc1cn(-c2ccnc3[nH]c(-c4n[nH]c5cnc(-c6cncc(CC7CCCC7)c6)c(F)c45)nc23)cn1. The molecule has 184 valence electrons. The zero-order valence-corrected chi connectivity index (χ0v) is 20.2. The third kappa shape index (κ3) is 3.76. The number of aryl methyl sites for hydroxylation is 1. The lowest BCUT2D eigenvalue weighted by Gasteiger charge is -2.10. The number of aromatic nitrogens is 9. The number of nitrogens with one attached hydrogen (secondary N) is 2. The topological polar surface area (TPSA) is 114 Å². The van der Waals surface area contributed by atoms with E-state index in [1.165, 1.54) is 25.7 Å². The van der Waals surface area contributed by atoms with E-state index in [4.69, 9.17) is 4.98 Å². The lowest BCUT2D eigenvalue weighted by Crippen LogP contribution is -2.00. The van der Waals surface area contributed by atoms with Gasteiger partial charge in [0.15, 0.2) is 17.3 Å². The molecule has 37 heavy (non-hydrogen) atoms. The van der Waals surface area contributed by atoms with Gasteiger partial charge in [-0.05, 0) is 37.0 Å². The van der Waals surface area contributed by atoms with Crippen molar-refractivity contribution >= 4 is 22.1 Å². The van der Waals surface area contributed by atoms with Crippen molar-refractivity contribution in [2.75, 3.05) is 0 Å². The van der Waals surface area contributed by atoms with Gasteiger partial charge in [-0.15, -0.1) is 0 Å². The summed E-state index contributed by atoms with van der Waals surface area (Å²) in [6.07, 6.45) is 16.5. The Morgan fingerprint density at radius 1 is 1.08 bits per heavy atom. The number of hydrogen-bond acceptors (Lipinski definition) is 6. The van der Waals surface area contributed by atoms with E-state index in [-0.39, 0.29) is 5.69 Å². The fraction of sp³-hybridized carbons (Fsp3) is 0.259. The second-order valence-corrected chi connectivity index (χ2v) is 9.75. The van der Waals surface area contributed by atoms with Crippen molar-refractivity contribution in [2.45, 2.75) is 39.0 Å². The van der Waals surface area contributed by atoms with E-state index in [9.17, 15) is 0 Å². The Balaban J connectivity index is 1.31. The summed E-state index contributed by atoms with van der Waals surface area (Å²) >= 11 is 0. The van der Waals surface area contributed by atoms with Crippen LogP contribution < -0.4 is 0 Å². The Hall–Kier alpha value is -4.47. The third-order valence-electron chi connectivity index (χ3n) is 7.19. The van der Waals surface area contributed by atoms with Gasteiger partial charge in [0.1, 0.15) is 16.9 Å². The molecule has 9 nitrogen and oxygen atoms in total. The number of halogens is 1. The van der Waals surface area contributed by atoms with Crippen LogP contribution in [-0.4, -0.2) is 44.7 Å². The number of nitrogens with zero attached hydrogens (tertiary/aromatic N) is 7. The molecule has 6 heterocycles. The normalized spacial score (nSPS) is 14.3. The van der Waals surface area contributed by atoms with E-state index in [1.807, 2.05) is 36.0 Å². The molecule has 0 bridgehead atoms. The van der Waals surface area contributed by atoms with Crippen LogP contribution >= 0.6 is 0 Å². The Kier molecular flexibility index (Phi) is 5.05. The van der Waals surface area contributed by atoms with Crippen LogP contribution in [0, 0.1) is 18.7 Å². The maximum absolute atomic E-state index is 16.1. The van der Waals surface area contributed by atoms with E-state index in [0.717, 1.165) is 23.4 Å². The summed E-state index contributed by atoms with van der Waals surface area (Å²) in [5, 5.41) is 7.61. The van der Waals surface area contributed by atoms with Crippen LogP contribution in [0.2, 0.25) is 0 Å². The Labute approximate surface area is 211 Å². The summed E-state index contributed by atoms with van der Waals surface area (Å²) < 4.78 is 17.9. The van der Waals surface area contributed by atoms with Crippen molar-refractivity contribution in [3.05, 3.63) is 66.5 Å². The van der Waals surface area contributed by atoms with Crippen molar-refractivity contribution in [2.24, 2.45) is 5.92 Å². The molecule has 0 radical (unpaired) electrons. The van der Waals surface area contributed by atoms with E-state index < -0.39 is 5.82 Å². The number of aromatic amines is 2. The van der Waals surface area contributed by atoms with Crippen molar-refractivity contribution in [1.29, 1.82) is 0 Å². The van der Waals surface area contributed by atoms with Gasteiger partial charge in [0, 0.05) is 30.4 Å². The molecule has 7 rings (SSSR count). The average molecular weight is 494 g/mol. The first-order valence-electron chi connectivity index (χ1n) is 12.5. The van der Waals surface area contributed by atoms with Crippen LogP contribution in [0.4, 0.5) is 4.39 Å². The van der Waals surface area contributed by atoms with E-state index in [1.54, 1.807) is 24.9 Å². The van der Waals surface area contributed by atoms with Gasteiger partial charge in [-0.1, -0.05) is 25.7 Å². The first-order chi connectivity index (χ1) is 18.1. The highest BCUT2D eigenvalue weighted by Gasteiger charge is 2.22. The molecule has 1 aliphatic carbocycles. The standard InChI is InChI=1S/C27H24FN9/c1-15-13-37(14-32-15)20-6-7-30-26-24(20)33-27(34-26)25-21-19(35-36-25)12-31-23(22(21)28)18-9-17(10-29-11-18)8-16-4-2-3-5-16/h6-7,9-14,16H,2-5,8H2,1H3,(H,35,36)(H,30,33,34). The molecule has 0 aromatic carbocycles. The average Bonchev–Trinajstić information content (AvgIpc) is 3.70. The maximum atomic E-state index is 16.1. The van der Waals surface area contributed by atoms with Gasteiger partial charge in [-0.25, -0.2) is 19.3 Å². The molecular weight excluding hydrogens is 469 g/mol. The molecule has 0 spiro atoms. The van der Waals surface area contributed by atoms with Gasteiger partial charge >= 0.3 is 0 Å². The summed E-state index contributed by atoms with van der Waals surface area (Å²) in [6, 6.07) is 3.87. The molecule has 0 unspecified atom stereocenters. The molecule has 0 aliphatic heterocycles. The number of H-pyrrole nitrogens is 2. The van der Waals surface area contributed by atoms with Crippen molar-refractivity contribution in [1.82, 2.24) is 44.7 Å². The van der Waals surface area contributed by atoms with Crippen LogP contribution in [0.25, 0.3) is 50.5 Å². The molecule has 1 saturated carbocycles. The molecule has 0 saturated heterocycles. The lowest BCUT2D eigenvalue weighted by molar-refractivity contribution is 0.545. The third-order valence-corrected chi connectivity index (χ3v) is 7.19. The summed E-state index contributed by atoms with van der Waals surface area (Å²) in [4.78, 5) is 25.5. The van der Waals surface area contributed by atoms with Gasteiger partial charge in [-0.2, -0.15) is 5.10 Å². The van der Waals surface area contributed by atoms with E-state index in [2.05, 4.69) is 35.1 Å². The summed E-state index contributed by atoms with van der Waals surface area (Å²) in [7, 11) is 0. The first kappa shape index (κ1) is 21.8. The Morgan fingerprint density at radius 3 is 2.81 bits per heavy atom. The van der Waals surface area contributed by atoms with Crippen molar-refractivity contribution in [3.8, 4) is 28.5 Å². The van der Waals surface area contributed by atoms with E-state index >= 15 is 4.39 Å². The second-order valence-electron chi connectivity index (χ2n) is 9.75. The number of imidazole rings is 2. The van der Waals surface area contributed by atoms with Crippen LogP contribution in [0.3, 0.4) is 0 Å². The fourth-order valence-electron chi connectivity index (χ4n) is 5.40. The molecule has 0 amide bonds. The number of hydrogen-bond donors (Lipinski definition) is 2. The largest absolute Gasteiger partial charge is 0.321 e. The Bertz CT molecular complexity index is 1760. The summed E-state index contributed by atoms with van der Waals surface area (Å²) in [6.45, 7) is 1.93. The highest BCUT2D eigenvalue weighted by Crippen LogP contribution is 2.34. The first-order valence-corrected chi connectivity index (χ1v) is 12.5. The van der Waals surface area contributed by atoms with Gasteiger partial charge < -0.3 is 9.55 Å². The number of rotatable bonds is 5. The molecule has 1 fully saturated rings. The monoisotopic (exact) mass is 493 g/mol. The number of pyridine rings is 3. The van der Waals surface area contributed by atoms with Crippen LogP contribution in [0.5, 0.6) is 0 Å². The highest BCUT2D eigenvalue weighted by molar-refractivity contribution is 5.95. The second kappa shape index (κ2) is 8.58. The van der Waals surface area contributed by atoms with Crippen LogP contribution in [0.1, 0.15) is 36.9 Å². The predicted molar refractivity (Wildman–Crippen MR) is 137 cm³/mol. The van der Waals surface area contributed by atoms with Crippen molar-refractivity contribution in [3.63, 3.8) is 0 Å². The van der Waals surface area contributed by atoms with Crippen LogP contribution in [0.15, 0.2) is 49.4 Å². The smallest absolute Gasteiger partial charge is 0.161 e. The molecule has 6 aromatic heterocycles. The molecule has 2 N–H and O–H groups in total. The van der Waals surface area contributed by atoms with Crippen molar-refractivity contribution < 1.29 is 4.39 Å². The quantitative estimate of drug-likeness (QED) is 0.336. The molecule has 6 aromatic rings. The summed E-state index contributed by atoms with van der Waals surface area (Å²) in [5.41, 5.74) is 5.82. The minimum absolute atomic E-state index is 0.250.